The van der Waals surface area contributed by atoms with Crippen LogP contribution >= 0.6 is 0 Å². The van der Waals surface area contributed by atoms with Crippen LogP contribution in [0.2, 0.25) is 0 Å². The van der Waals surface area contributed by atoms with Crippen LogP contribution in [-0.2, 0) is 6.42 Å². The van der Waals surface area contributed by atoms with Crippen LogP contribution in [0.4, 0.5) is 11.8 Å². The maximum atomic E-state index is 8.96. The van der Waals surface area contributed by atoms with Crippen LogP contribution < -0.4 is 10.6 Å². The SMILES string of the molecule is CC(Nc1ccnc(NCCc2cccc(C#N)c2)n1)c1ccccc1. The first-order chi connectivity index (χ1) is 12.7. The molecule has 130 valence electrons. The summed E-state index contributed by atoms with van der Waals surface area (Å²) in [5, 5.41) is 15.6. The number of rotatable bonds is 7. The van der Waals surface area contributed by atoms with Crippen molar-refractivity contribution in [1.29, 1.82) is 5.26 Å². The summed E-state index contributed by atoms with van der Waals surface area (Å²) >= 11 is 0. The number of hydrogen-bond acceptors (Lipinski definition) is 5. The Morgan fingerprint density at radius 1 is 1.08 bits per heavy atom. The van der Waals surface area contributed by atoms with Gasteiger partial charge < -0.3 is 10.6 Å². The van der Waals surface area contributed by atoms with Crippen molar-refractivity contribution in [2.75, 3.05) is 17.2 Å². The molecular formula is C21H21N5. The van der Waals surface area contributed by atoms with Crippen molar-refractivity contribution >= 4 is 11.8 Å². The van der Waals surface area contributed by atoms with Gasteiger partial charge in [0.25, 0.3) is 0 Å². The smallest absolute Gasteiger partial charge is 0.224 e. The predicted molar refractivity (Wildman–Crippen MR) is 104 cm³/mol. The van der Waals surface area contributed by atoms with Gasteiger partial charge in [-0.1, -0.05) is 42.5 Å². The maximum absolute atomic E-state index is 8.96. The quantitative estimate of drug-likeness (QED) is 0.673. The zero-order valence-electron chi connectivity index (χ0n) is 14.7. The Morgan fingerprint density at radius 3 is 2.73 bits per heavy atom. The number of nitriles is 1. The van der Waals surface area contributed by atoms with E-state index in [0.717, 1.165) is 17.8 Å². The van der Waals surface area contributed by atoms with Crippen molar-refractivity contribution in [2.24, 2.45) is 0 Å². The van der Waals surface area contributed by atoms with E-state index in [-0.39, 0.29) is 6.04 Å². The Hall–Kier alpha value is -3.39. The van der Waals surface area contributed by atoms with Gasteiger partial charge in [0.1, 0.15) is 5.82 Å². The standard InChI is InChI=1S/C21H21N5/c1-16(19-8-3-2-4-9-19)25-20-11-13-24-21(26-20)23-12-10-17-6-5-7-18(14-17)15-22/h2-9,11,13-14,16H,10,12H2,1H3,(H2,23,24,25,26). The molecule has 0 amide bonds. The molecule has 2 aromatic carbocycles. The van der Waals surface area contributed by atoms with Crippen molar-refractivity contribution in [1.82, 2.24) is 9.97 Å². The lowest BCUT2D eigenvalue weighted by molar-refractivity contribution is 0.870. The Bertz CT molecular complexity index is 886. The Morgan fingerprint density at radius 2 is 1.92 bits per heavy atom. The second-order valence-electron chi connectivity index (χ2n) is 6.03. The highest BCUT2D eigenvalue weighted by Gasteiger charge is 2.06. The molecule has 0 radical (unpaired) electrons. The summed E-state index contributed by atoms with van der Waals surface area (Å²) in [4.78, 5) is 8.79. The number of aromatic nitrogens is 2. The molecule has 0 aliphatic carbocycles. The lowest BCUT2D eigenvalue weighted by Gasteiger charge is -2.15. The van der Waals surface area contributed by atoms with Crippen molar-refractivity contribution in [3.05, 3.63) is 83.6 Å². The zero-order valence-corrected chi connectivity index (χ0v) is 14.7. The minimum Gasteiger partial charge on any atom is -0.363 e. The van der Waals surface area contributed by atoms with Crippen molar-refractivity contribution in [3.63, 3.8) is 0 Å². The summed E-state index contributed by atoms with van der Waals surface area (Å²) in [6.07, 6.45) is 2.54. The van der Waals surface area contributed by atoms with E-state index in [1.165, 1.54) is 5.56 Å². The van der Waals surface area contributed by atoms with Gasteiger partial charge in [-0.15, -0.1) is 0 Å². The van der Waals surface area contributed by atoms with Gasteiger partial charge in [0.15, 0.2) is 0 Å². The third-order valence-corrected chi connectivity index (χ3v) is 4.07. The number of benzene rings is 2. The molecule has 0 bridgehead atoms. The van der Waals surface area contributed by atoms with Gasteiger partial charge in [-0.3, -0.25) is 0 Å². The molecule has 26 heavy (non-hydrogen) atoms. The normalized spacial score (nSPS) is 11.4. The molecule has 1 atom stereocenters. The van der Waals surface area contributed by atoms with Gasteiger partial charge >= 0.3 is 0 Å². The first-order valence-corrected chi connectivity index (χ1v) is 8.62. The van der Waals surface area contributed by atoms with Crippen LogP contribution in [-0.4, -0.2) is 16.5 Å². The lowest BCUT2D eigenvalue weighted by Crippen LogP contribution is -2.11. The van der Waals surface area contributed by atoms with Gasteiger partial charge in [-0.25, -0.2) is 4.98 Å². The largest absolute Gasteiger partial charge is 0.363 e. The molecule has 0 saturated heterocycles. The monoisotopic (exact) mass is 343 g/mol. The highest BCUT2D eigenvalue weighted by atomic mass is 15.1. The average molecular weight is 343 g/mol. The Labute approximate surface area is 153 Å². The molecule has 0 aliphatic heterocycles. The summed E-state index contributed by atoms with van der Waals surface area (Å²) in [7, 11) is 0. The molecular weight excluding hydrogens is 322 g/mol. The summed E-state index contributed by atoms with van der Waals surface area (Å²) in [6, 6.07) is 22.1. The summed E-state index contributed by atoms with van der Waals surface area (Å²) < 4.78 is 0. The number of nitrogens with zero attached hydrogens (tertiary/aromatic N) is 3. The first kappa shape index (κ1) is 17.4. The van der Waals surface area contributed by atoms with E-state index in [0.29, 0.717) is 18.1 Å². The van der Waals surface area contributed by atoms with E-state index in [1.54, 1.807) is 6.20 Å². The first-order valence-electron chi connectivity index (χ1n) is 8.62. The van der Waals surface area contributed by atoms with Crippen molar-refractivity contribution in [3.8, 4) is 6.07 Å². The fourth-order valence-electron chi connectivity index (χ4n) is 2.69. The predicted octanol–water partition coefficient (Wildman–Crippen LogP) is 4.18. The molecule has 5 heteroatoms. The molecule has 1 unspecified atom stereocenters. The van der Waals surface area contributed by atoms with E-state index >= 15 is 0 Å². The Balaban J connectivity index is 1.56. The van der Waals surface area contributed by atoms with E-state index in [9.17, 15) is 0 Å². The van der Waals surface area contributed by atoms with Gasteiger partial charge in [0, 0.05) is 18.8 Å². The van der Waals surface area contributed by atoms with E-state index in [4.69, 9.17) is 5.26 Å². The molecule has 3 aromatic rings. The number of anilines is 2. The van der Waals surface area contributed by atoms with E-state index in [1.807, 2.05) is 48.5 Å². The van der Waals surface area contributed by atoms with Crippen LogP contribution in [0.3, 0.4) is 0 Å². The van der Waals surface area contributed by atoms with Crippen LogP contribution in [0, 0.1) is 11.3 Å². The molecule has 5 nitrogen and oxygen atoms in total. The number of nitrogens with one attached hydrogen (secondary N) is 2. The number of hydrogen-bond donors (Lipinski definition) is 2. The average Bonchev–Trinajstić information content (AvgIpc) is 2.69. The van der Waals surface area contributed by atoms with Gasteiger partial charge in [0.2, 0.25) is 5.95 Å². The van der Waals surface area contributed by atoms with Crippen LogP contribution in [0.1, 0.15) is 29.7 Å². The summed E-state index contributed by atoms with van der Waals surface area (Å²) in [5.41, 5.74) is 3.00. The topological polar surface area (TPSA) is 73.6 Å². The fraction of sp³-hybridized carbons (Fsp3) is 0.190. The molecule has 1 heterocycles. The third-order valence-electron chi connectivity index (χ3n) is 4.07. The molecule has 0 saturated carbocycles. The minimum absolute atomic E-state index is 0.160. The third kappa shape index (κ3) is 4.81. The van der Waals surface area contributed by atoms with E-state index < -0.39 is 0 Å². The van der Waals surface area contributed by atoms with Crippen molar-refractivity contribution < 1.29 is 0 Å². The Kier molecular flexibility index (Phi) is 5.79. The highest BCUT2D eigenvalue weighted by molar-refractivity contribution is 5.42. The van der Waals surface area contributed by atoms with Crippen LogP contribution in [0.25, 0.3) is 0 Å². The molecule has 1 aromatic heterocycles. The lowest BCUT2D eigenvalue weighted by atomic mass is 10.1. The highest BCUT2D eigenvalue weighted by Crippen LogP contribution is 2.17. The molecule has 0 fully saturated rings. The van der Waals surface area contributed by atoms with Crippen LogP contribution in [0.15, 0.2) is 66.9 Å². The molecule has 0 aliphatic rings. The maximum Gasteiger partial charge on any atom is 0.224 e. The second kappa shape index (κ2) is 8.63. The fourth-order valence-corrected chi connectivity index (χ4v) is 2.69. The molecule has 3 rings (SSSR count). The minimum atomic E-state index is 0.160. The summed E-state index contributed by atoms with van der Waals surface area (Å²) in [6.45, 7) is 2.80. The van der Waals surface area contributed by atoms with Gasteiger partial charge in [-0.05, 0) is 42.7 Å². The summed E-state index contributed by atoms with van der Waals surface area (Å²) in [5.74, 6) is 1.37. The van der Waals surface area contributed by atoms with Crippen LogP contribution in [0.5, 0.6) is 0 Å². The molecule has 2 N–H and O–H groups in total. The van der Waals surface area contributed by atoms with Gasteiger partial charge in [-0.2, -0.15) is 10.2 Å². The second-order valence-corrected chi connectivity index (χ2v) is 6.03. The van der Waals surface area contributed by atoms with Gasteiger partial charge in [0.05, 0.1) is 11.6 Å². The van der Waals surface area contributed by atoms with Crippen molar-refractivity contribution in [2.45, 2.75) is 19.4 Å². The molecule has 0 spiro atoms. The van der Waals surface area contributed by atoms with E-state index in [2.05, 4.69) is 45.7 Å². The zero-order chi connectivity index (χ0) is 18.2.